The number of carbonyl (C=O) groups is 2. The number of hydrogen-bond donors (Lipinski definition) is 2. The fraction of sp³-hybridized carbons (Fsp3) is 0.333. The summed E-state index contributed by atoms with van der Waals surface area (Å²) in [5, 5.41) is 12.4. The number of fused-ring (bicyclic) bond motifs is 1. The number of aliphatic carboxylic acids is 1. The Kier molecular flexibility index (Phi) is 4.90. The van der Waals surface area contributed by atoms with Crippen LogP contribution in [0.15, 0.2) is 28.7 Å². The Morgan fingerprint density at radius 2 is 2.14 bits per heavy atom. The number of hydrogen-bond acceptors (Lipinski definition) is 4. The highest BCUT2D eigenvalue weighted by Crippen LogP contribution is 2.20. The molecule has 0 aliphatic rings. The standard InChI is InChI=1S/C15H17NO4S/c1-9-3-4-12-10(7-9)8-13(20-12)14(17)16-11(15(18)19)5-6-21-2/h3-4,7-8,11H,5-6H2,1-2H3,(H,16,17)(H,18,19)/t11-/m1/s1. The van der Waals surface area contributed by atoms with Crippen LogP contribution in [-0.4, -0.2) is 35.0 Å². The number of thioether (sulfide) groups is 1. The Labute approximate surface area is 126 Å². The third-order valence-corrected chi connectivity index (χ3v) is 3.75. The fourth-order valence-corrected chi connectivity index (χ4v) is 2.47. The number of benzene rings is 1. The van der Waals surface area contributed by atoms with Crippen LogP contribution in [0.4, 0.5) is 0 Å². The molecule has 1 heterocycles. The minimum atomic E-state index is -1.04. The number of furan rings is 1. The molecule has 2 rings (SSSR count). The highest BCUT2D eigenvalue weighted by Gasteiger charge is 2.22. The van der Waals surface area contributed by atoms with Gasteiger partial charge in [-0.2, -0.15) is 11.8 Å². The van der Waals surface area contributed by atoms with Crippen molar-refractivity contribution in [2.24, 2.45) is 0 Å². The van der Waals surface area contributed by atoms with Crippen LogP contribution in [0.3, 0.4) is 0 Å². The van der Waals surface area contributed by atoms with Crippen molar-refractivity contribution in [3.8, 4) is 0 Å². The zero-order chi connectivity index (χ0) is 15.4. The molecule has 0 aliphatic heterocycles. The van der Waals surface area contributed by atoms with E-state index in [4.69, 9.17) is 9.52 Å². The maximum Gasteiger partial charge on any atom is 0.326 e. The molecule has 112 valence electrons. The van der Waals surface area contributed by atoms with E-state index < -0.39 is 17.9 Å². The van der Waals surface area contributed by atoms with Gasteiger partial charge in [0.25, 0.3) is 5.91 Å². The summed E-state index contributed by atoms with van der Waals surface area (Å²) >= 11 is 1.54. The summed E-state index contributed by atoms with van der Waals surface area (Å²) in [7, 11) is 0. The third kappa shape index (κ3) is 3.78. The molecule has 0 bridgehead atoms. The van der Waals surface area contributed by atoms with Crippen molar-refractivity contribution in [1.29, 1.82) is 0 Å². The smallest absolute Gasteiger partial charge is 0.326 e. The summed E-state index contributed by atoms with van der Waals surface area (Å²) < 4.78 is 5.46. The predicted molar refractivity (Wildman–Crippen MR) is 82.8 cm³/mol. The molecule has 2 aromatic rings. The monoisotopic (exact) mass is 307 g/mol. The quantitative estimate of drug-likeness (QED) is 0.857. The number of amides is 1. The summed E-state index contributed by atoms with van der Waals surface area (Å²) in [4.78, 5) is 23.2. The number of carboxylic acid groups (broad SMARTS) is 1. The molecule has 1 atom stereocenters. The molecular formula is C15H17NO4S. The van der Waals surface area contributed by atoms with E-state index in [2.05, 4.69) is 5.32 Å². The SMILES string of the molecule is CSCC[C@@H](NC(=O)c1cc2cc(C)ccc2o1)C(=O)O. The van der Waals surface area contributed by atoms with Gasteiger partial charge in [-0.25, -0.2) is 4.79 Å². The van der Waals surface area contributed by atoms with Gasteiger partial charge in [0.15, 0.2) is 5.76 Å². The van der Waals surface area contributed by atoms with E-state index in [-0.39, 0.29) is 5.76 Å². The predicted octanol–water partition coefficient (Wildman–Crippen LogP) is 2.68. The van der Waals surface area contributed by atoms with Crippen molar-refractivity contribution in [3.63, 3.8) is 0 Å². The van der Waals surface area contributed by atoms with E-state index in [0.29, 0.717) is 17.8 Å². The fourth-order valence-electron chi connectivity index (χ4n) is 2.00. The van der Waals surface area contributed by atoms with Crippen molar-refractivity contribution in [1.82, 2.24) is 5.32 Å². The van der Waals surface area contributed by atoms with Crippen LogP contribution in [0, 0.1) is 6.92 Å². The number of carboxylic acids is 1. The molecule has 5 nitrogen and oxygen atoms in total. The Hall–Kier alpha value is -1.95. The van der Waals surface area contributed by atoms with Crippen LogP contribution in [0.25, 0.3) is 11.0 Å². The van der Waals surface area contributed by atoms with Crippen LogP contribution >= 0.6 is 11.8 Å². The summed E-state index contributed by atoms with van der Waals surface area (Å²) in [6.45, 7) is 1.95. The largest absolute Gasteiger partial charge is 0.480 e. The number of carbonyl (C=O) groups excluding carboxylic acids is 1. The van der Waals surface area contributed by atoms with Crippen molar-refractivity contribution >= 4 is 34.6 Å². The van der Waals surface area contributed by atoms with E-state index >= 15 is 0 Å². The van der Waals surface area contributed by atoms with E-state index in [1.54, 1.807) is 12.1 Å². The molecule has 6 heteroatoms. The first-order chi connectivity index (χ1) is 10.0. The first-order valence-corrected chi connectivity index (χ1v) is 7.93. The molecule has 0 aliphatic carbocycles. The van der Waals surface area contributed by atoms with Crippen LogP contribution < -0.4 is 5.32 Å². The van der Waals surface area contributed by atoms with E-state index in [9.17, 15) is 9.59 Å². The molecular weight excluding hydrogens is 290 g/mol. The summed E-state index contributed by atoms with van der Waals surface area (Å²) in [5.41, 5.74) is 1.68. The van der Waals surface area contributed by atoms with Crippen molar-refractivity contribution in [3.05, 3.63) is 35.6 Å². The molecule has 0 saturated carbocycles. The van der Waals surface area contributed by atoms with Gasteiger partial charge in [0.1, 0.15) is 11.6 Å². The Morgan fingerprint density at radius 3 is 2.81 bits per heavy atom. The average Bonchev–Trinajstić information content (AvgIpc) is 2.85. The van der Waals surface area contributed by atoms with Gasteiger partial charge < -0.3 is 14.8 Å². The van der Waals surface area contributed by atoms with E-state index in [0.717, 1.165) is 10.9 Å². The van der Waals surface area contributed by atoms with Crippen LogP contribution in [0.5, 0.6) is 0 Å². The highest BCUT2D eigenvalue weighted by molar-refractivity contribution is 7.98. The molecule has 0 radical (unpaired) electrons. The third-order valence-electron chi connectivity index (χ3n) is 3.11. The highest BCUT2D eigenvalue weighted by atomic mass is 32.2. The van der Waals surface area contributed by atoms with Crippen molar-refractivity contribution in [2.45, 2.75) is 19.4 Å². The van der Waals surface area contributed by atoms with Gasteiger partial charge in [-0.3, -0.25) is 4.79 Å². The second kappa shape index (κ2) is 6.67. The molecule has 1 aromatic carbocycles. The molecule has 0 unspecified atom stereocenters. The first kappa shape index (κ1) is 15.4. The zero-order valence-corrected chi connectivity index (χ0v) is 12.7. The first-order valence-electron chi connectivity index (χ1n) is 6.54. The van der Waals surface area contributed by atoms with Gasteiger partial charge >= 0.3 is 5.97 Å². The molecule has 1 amide bonds. The number of rotatable bonds is 6. The van der Waals surface area contributed by atoms with Crippen molar-refractivity contribution < 1.29 is 19.1 Å². The summed E-state index contributed by atoms with van der Waals surface area (Å²) in [6, 6.07) is 6.33. The van der Waals surface area contributed by atoms with Crippen LogP contribution in [0.2, 0.25) is 0 Å². The lowest BCUT2D eigenvalue weighted by molar-refractivity contribution is -0.139. The van der Waals surface area contributed by atoms with Crippen molar-refractivity contribution in [2.75, 3.05) is 12.0 Å². The number of nitrogens with one attached hydrogen (secondary N) is 1. The molecule has 2 N–H and O–H groups in total. The van der Waals surface area contributed by atoms with Crippen LogP contribution in [0.1, 0.15) is 22.5 Å². The molecule has 0 saturated heterocycles. The lowest BCUT2D eigenvalue weighted by Crippen LogP contribution is -2.41. The lowest BCUT2D eigenvalue weighted by Gasteiger charge is -2.12. The topological polar surface area (TPSA) is 79.5 Å². The second-order valence-corrected chi connectivity index (χ2v) is 5.78. The average molecular weight is 307 g/mol. The Balaban J connectivity index is 2.15. The van der Waals surface area contributed by atoms with Gasteiger partial charge in [-0.05, 0) is 43.6 Å². The molecule has 21 heavy (non-hydrogen) atoms. The zero-order valence-electron chi connectivity index (χ0n) is 11.9. The maximum atomic E-state index is 12.1. The van der Waals surface area contributed by atoms with Gasteiger partial charge in [0.05, 0.1) is 0 Å². The minimum absolute atomic E-state index is 0.131. The van der Waals surface area contributed by atoms with Gasteiger partial charge in [0.2, 0.25) is 0 Å². The summed E-state index contributed by atoms with van der Waals surface area (Å²) in [6.07, 6.45) is 2.27. The van der Waals surface area contributed by atoms with Gasteiger partial charge in [-0.1, -0.05) is 11.6 Å². The maximum absolute atomic E-state index is 12.1. The Bertz CT molecular complexity index is 665. The van der Waals surface area contributed by atoms with E-state index in [1.807, 2.05) is 25.3 Å². The number of aryl methyl sites for hydroxylation is 1. The Morgan fingerprint density at radius 1 is 1.38 bits per heavy atom. The van der Waals surface area contributed by atoms with Crippen LogP contribution in [-0.2, 0) is 4.79 Å². The molecule has 0 spiro atoms. The molecule has 0 fully saturated rings. The van der Waals surface area contributed by atoms with Gasteiger partial charge in [-0.15, -0.1) is 0 Å². The second-order valence-electron chi connectivity index (χ2n) is 4.80. The van der Waals surface area contributed by atoms with Gasteiger partial charge in [0, 0.05) is 5.39 Å². The molecule has 1 aromatic heterocycles. The normalized spacial score (nSPS) is 12.3. The summed E-state index contributed by atoms with van der Waals surface area (Å²) in [5.74, 6) is -0.746. The lowest BCUT2D eigenvalue weighted by atomic mass is 10.2. The minimum Gasteiger partial charge on any atom is -0.480 e. The van der Waals surface area contributed by atoms with E-state index in [1.165, 1.54) is 11.8 Å².